The minimum atomic E-state index is -1.63. The Labute approximate surface area is 123 Å². The van der Waals surface area contributed by atoms with Gasteiger partial charge in [0.2, 0.25) is 0 Å². The van der Waals surface area contributed by atoms with Crippen LogP contribution in [0.3, 0.4) is 0 Å². The fourth-order valence-electron chi connectivity index (χ4n) is 2.12. The van der Waals surface area contributed by atoms with Crippen molar-refractivity contribution in [1.29, 1.82) is 5.53 Å². The summed E-state index contributed by atoms with van der Waals surface area (Å²) in [5, 5.41) is 18.1. The molecular weight excluding hydrogens is 294 g/mol. The second-order valence-corrected chi connectivity index (χ2v) is 4.60. The van der Waals surface area contributed by atoms with Gasteiger partial charge in [0.05, 0.1) is 17.5 Å². The minimum absolute atomic E-state index is 0.0760. The van der Waals surface area contributed by atoms with Gasteiger partial charge < -0.3 is 10.2 Å². The molecule has 1 atom stereocenters. The Morgan fingerprint density at radius 2 is 1.64 bits per heavy atom. The van der Waals surface area contributed by atoms with E-state index in [1.165, 1.54) is 12.1 Å². The van der Waals surface area contributed by atoms with Gasteiger partial charge in [-0.2, -0.15) is 0 Å². The van der Waals surface area contributed by atoms with Crippen LogP contribution in [0.2, 0.25) is 0 Å². The van der Waals surface area contributed by atoms with Gasteiger partial charge in [-0.25, -0.2) is 4.79 Å². The first-order valence-electron chi connectivity index (χ1n) is 6.27. The highest BCUT2D eigenvalue weighted by molar-refractivity contribution is 6.20. The van der Waals surface area contributed by atoms with E-state index in [9.17, 15) is 19.2 Å². The number of hydrazine groups is 1. The molecule has 1 aromatic rings. The van der Waals surface area contributed by atoms with Crippen molar-refractivity contribution in [3.8, 4) is 0 Å². The Morgan fingerprint density at radius 3 is 2.05 bits per heavy atom. The molecule has 9 heteroatoms. The van der Waals surface area contributed by atoms with E-state index in [1.807, 2.05) is 0 Å². The van der Waals surface area contributed by atoms with Gasteiger partial charge >= 0.3 is 29.8 Å². The number of imide groups is 1. The summed E-state index contributed by atoms with van der Waals surface area (Å²) in [6, 6.07) is 4.26. The number of carbonyl (C=O) groups is 4. The molecule has 0 aromatic heterocycles. The number of carboxylic acid groups (broad SMARTS) is 2. The fourth-order valence-corrected chi connectivity index (χ4v) is 2.12. The number of hydrogen-bond acceptors (Lipinski definition) is 5. The van der Waals surface area contributed by atoms with Gasteiger partial charge in [0.1, 0.15) is 0 Å². The zero-order valence-electron chi connectivity index (χ0n) is 11.2. The quantitative estimate of drug-likeness (QED) is 0.398. The van der Waals surface area contributed by atoms with Crippen LogP contribution in [0, 0.1) is 5.53 Å². The van der Waals surface area contributed by atoms with Crippen LogP contribution >= 0.6 is 0 Å². The Hall–Kier alpha value is -3.10. The minimum Gasteiger partial charge on any atom is -0.481 e. The molecule has 0 fully saturated rings. The van der Waals surface area contributed by atoms with Crippen molar-refractivity contribution >= 4 is 23.8 Å². The Balaban J connectivity index is 2.29. The van der Waals surface area contributed by atoms with E-state index in [4.69, 9.17) is 15.7 Å². The standard InChI is InChI=1S/C13H11N3O6/c14-16(9(13(21)22)5-6-10(17)18)15-11(19)7-3-1-2-4-8(7)12(15)20/h1-4,9,14H,5-6H2,(H-,17,18,21,22)/p+1. The number of carbonyl (C=O) groups excluding carboxylic acids is 2. The maximum atomic E-state index is 12.1. The van der Waals surface area contributed by atoms with E-state index >= 15 is 0 Å². The SMILES string of the molecule is N=[N+](C(CCC(=O)O)C(=O)O)N1C(=O)c2ccccc2C1=O. The molecule has 0 bridgehead atoms. The predicted molar refractivity (Wildman–Crippen MR) is 68.2 cm³/mol. The van der Waals surface area contributed by atoms with Crippen molar-refractivity contribution in [3.05, 3.63) is 35.4 Å². The van der Waals surface area contributed by atoms with Gasteiger partial charge in [-0.3, -0.25) is 14.4 Å². The summed E-state index contributed by atoms with van der Waals surface area (Å²) in [5.41, 5.74) is 7.93. The van der Waals surface area contributed by atoms with Gasteiger partial charge in [-0.05, 0) is 22.7 Å². The molecule has 114 valence electrons. The molecule has 0 radical (unpaired) electrons. The highest BCUT2D eigenvalue weighted by Gasteiger charge is 2.48. The molecule has 1 unspecified atom stereocenters. The van der Waals surface area contributed by atoms with Crippen LogP contribution in [-0.2, 0) is 9.59 Å². The number of hydrogen-bond donors (Lipinski definition) is 3. The Bertz CT molecular complexity index is 664. The number of nitrogens with zero attached hydrogens (tertiary/aromatic N) is 2. The molecule has 9 nitrogen and oxygen atoms in total. The Morgan fingerprint density at radius 1 is 1.14 bits per heavy atom. The molecule has 2 amide bonds. The third kappa shape index (κ3) is 2.55. The molecule has 0 spiro atoms. The van der Waals surface area contributed by atoms with Gasteiger partial charge in [-0.15, -0.1) is 0 Å². The van der Waals surface area contributed by atoms with Crippen LogP contribution in [0.4, 0.5) is 0 Å². The van der Waals surface area contributed by atoms with Crippen LogP contribution in [0.25, 0.3) is 0 Å². The van der Waals surface area contributed by atoms with Crippen molar-refractivity contribution in [1.82, 2.24) is 5.01 Å². The van der Waals surface area contributed by atoms with E-state index < -0.39 is 42.6 Å². The average molecular weight is 306 g/mol. The van der Waals surface area contributed by atoms with E-state index in [0.29, 0.717) is 5.01 Å². The lowest BCUT2D eigenvalue weighted by atomic mass is 10.1. The second kappa shape index (κ2) is 5.72. The normalized spacial score (nSPS) is 14.6. The lowest BCUT2D eigenvalue weighted by Gasteiger charge is -2.12. The van der Waals surface area contributed by atoms with Crippen LogP contribution in [0.1, 0.15) is 33.6 Å². The molecule has 1 aromatic carbocycles. The number of carboxylic acids is 2. The smallest absolute Gasteiger partial charge is 0.378 e. The molecule has 1 aliphatic rings. The van der Waals surface area contributed by atoms with Crippen molar-refractivity contribution in [2.24, 2.45) is 0 Å². The summed E-state index contributed by atoms with van der Waals surface area (Å²) in [6.07, 6.45) is -0.920. The summed E-state index contributed by atoms with van der Waals surface area (Å²) in [5.74, 6) is -4.34. The number of fused-ring (bicyclic) bond motifs is 1. The van der Waals surface area contributed by atoms with E-state index in [1.54, 1.807) is 12.1 Å². The molecule has 3 N–H and O–H groups in total. The van der Waals surface area contributed by atoms with E-state index in [0.717, 1.165) is 0 Å². The summed E-state index contributed by atoms with van der Waals surface area (Å²) in [6.45, 7) is 0. The van der Waals surface area contributed by atoms with Gasteiger partial charge in [0.15, 0.2) is 0 Å². The van der Waals surface area contributed by atoms with Gasteiger partial charge in [0.25, 0.3) is 0 Å². The summed E-state index contributed by atoms with van der Waals surface area (Å²) in [4.78, 5) is 46.3. The van der Waals surface area contributed by atoms with Crippen molar-refractivity contribution in [2.75, 3.05) is 0 Å². The lowest BCUT2D eigenvalue weighted by Crippen LogP contribution is -2.47. The van der Waals surface area contributed by atoms with Crippen LogP contribution in [0.15, 0.2) is 24.3 Å². The first kappa shape index (κ1) is 15.3. The largest absolute Gasteiger partial charge is 0.481 e. The molecular formula is C13H12N3O6+. The molecule has 0 saturated carbocycles. The van der Waals surface area contributed by atoms with Crippen LogP contribution < -0.4 is 0 Å². The zero-order chi connectivity index (χ0) is 16.4. The molecule has 22 heavy (non-hydrogen) atoms. The zero-order valence-corrected chi connectivity index (χ0v) is 11.2. The first-order chi connectivity index (χ1) is 10.3. The molecule has 0 aliphatic carbocycles. The van der Waals surface area contributed by atoms with Crippen molar-refractivity contribution in [2.45, 2.75) is 18.9 Å². The number of rotatable bonds is 6. The molecule has 1 heterocycles. The monoisotopic (exact) mass is 306 g/mol. The van der Waals surface area contributed by atoms with Crippen LogP contribution in [0.5, 0.6) is 0 Å². The highest BCUT2D eigenvalue weighted by Crippen LogP contribution is 2.23. The third-order valence-electron chi connectivity index (χ3n) is 3.20. The average Bonchev–Trinajstić information content (AvgIpc) is 2.71. The summed E-state index contributed by atoms with van der Waals surface area (Å²) < 4.78 is 0. The van der Waals surface area contributed by atoms with E-state index in [2.05, 4.69) is 0 Å². The number of nitrogens with one attached hydrogen (secondary N) is 1. The highest BCUT2D eigenvalue weighted by atomic mass is 16.4. The number of benzene rings is 1. The number of aliphatic carboxylic acids is 2. The first-order valence-corrected chi connectivity index (χ1v) is 6.27. The van der Waals surface area contributed by atoms with Crippen LogP contribution in [-0.4, -0.2) is 49.8 Å². The van der Waals surface area contributed by atoms with Gasteiger partial charge in [0, 0.05) is 11.2 Å². The van der Waals surface area contributed by atoms with E-state index in [-0.39, 0.29) is 15.9 Å². The maximum Gasteiger partial charge on any atom is 0.378 e. The predicted octanol–water partition coefficient (Wildman–Crippen LogP) is 0.559. The van der Waals surface area contributed by atoms with Crippen molar-refractivity contribution < 1.29 is 34.2 Å². The maximum absolute atomic E-state index is 12.1. The lowest BCUT2D eigenvalue weighted by molar-refractivity contribution is -0.741. The fraction of sp³-hybridized carbons (Fsp3) is 0.231. The van der Waals surface area contributed by atoms with Gasteiger partial charge in [-0.1, -0.05) is 12.1 Å². The number of amides is 2. The second-order valence-electron chi connectivity index (χ2n) is 4.60. The van der Waals surface area contributed by atoms with Crippen molar-refractivity contribution in [3.63, 3.8) is 0 Å². The summed E-state index contributed by atoms with van der Waals surface area (Å²) in [7, 11) is 0. The molecule has 2 rings (SSSR count). The topological polar surface area (TPSA) is 139 Å². The Kier molecular flexibility index (Phi) is 3.97. The summed E-state index contributed by atoms with van der Waals surface area (Å²) >= 11 is 0. The molecule has 0 saturated heterocycles. The third-order valence-corrected chi connectivity index (χ3v) is 3.20. The molecule has 1 aliphatic heterocycles.